The van der Waals surface area contributed by atoms with E-state index in [1.165, 1.54) is 0 Å². The summed E-state index contributed by atoms with van der Waals surface area (Å²) in [5, 5.41) is 26.5. The summed E-state index contributed by atoms with van der Waals surface area (Å²) in [6, 6.07) is 0. The first kappa shape index (κ1) is 8.66. The van der Waals surface area contributed by atoms with Gasteiger partial charge in [0.2, 0.25) is 0 Å². The summed E-state index contributed by atoms with van der Waals surface area (Å²) in [5.41, 5.74) is -2.15. The van der Waals surface area contributed by atoms with Crippen LogP contribution in [0.25, 0.3) is 0 Å². The van der Waals surface area contributed by atoms with Crippen molar-refractivity contribution in [2.75, 3.05) is 0 Å². The number of aliphatic carboxylic acids is 2. The second kappa shape index (κ2) is 2.01. The van der Waals surface area contributed by atoms with E-state index in [9.17, 15) is 19.8 Å². The Morgan fingerprint density at radius 2 is 1.19 bits per heavy atom. The average molecular weight is 222 g/mol. The zero-order valence-corrected chi connectivity index (χ0v) is 8.33. The van der Waals surface area contributed by atoms with Crippen molar-refractivity contribution < 1.29 is 19.8 Å². The van der Waals surface area contributed by atoms with E-state index < -0.39 is 23.0 Å². The lowest BCUT2D eigenvalue weighted by Gasteiger charge is -2.40. The van der Waals surface area contributed by atoms with Gasteiger partial charge in [-0.1, -0.05) is 0 Å². The van der Waals surface area contributed by atoms with Gasteiger partial charge in [0.25, 0.3) is 0 Å². The highest BCUT2D eigenvalue weighted by Crippen LogP contribution is 2.76. The van der Waals surface area contributed by atoms with Gasteiger partial charge in [0.1, 0.15) is 0 Å². The Bertz CT molecular complexity index is 413. The van der Waals surface area contributed by atoms with Gasteiger partial charge >= 0.3 is 11.9 Å². The minimum atomic E-state index is -1.08. The van der Waals surface area contributed by atoms with Crippen molar-refractivity contribution in [2.24, 2.45) is 33.9 Å². The molecule has 5 aliphatic rings. The zero-order chi connectivity index (χ0) is 11.3. The third kappa shape index (κ3) is 0.583. The van der Waals surface area contributed by atoms with E-state index in [0.717, 1.165) is 0 Å². The van der Waals surface area contributed by atoms with Crippen LogP contribution in [0.1, 0.15) is 12.8 Å². The number of carbonyl (C=O) groups is 2. The van der Waals surface area contributed by atoms with Gasteiger partial charge in [0, 0.05) is 23.7 Å². The van der Waals surface area contributed by atoms with Gasteiger partial charge < -0.3 is 10.2 Å². The van der Waals surface area contributed by atoms with Crippen LogP contribution in [0.2, 0.25) is 0 Å². The number of nitrogens with zero attached hydrogens (tertiary/aromatic N) is 2. The van der Waals surface area contributed by atoms with Gasteiger partial charge in [-0.25, -0.2) is 9.59 Å². The molecular formula is C10H10N2O4. The Kier molecular flexibility index (Phi) is 1.09. The van der Waals surface area contributed by atoms with Crippen LogP contribution in [0.3, 0.4) is 0 Å². The van der Waals surface area contributed by atoms with E-state index in [1.807, 2.05) is 0 Å². The van der Waals surface area contributed by atoms with Crippen LogP contribution < -0.4 is 0 Å². The molecule has 6 atom stereocenters. The standard InChI is InChI=1S/C10H10N2O4/c13-7(14)9-3-1-4(3)10(8(15)16,12-11-9)6-2-5(6)9/h3-6H,1-2H2,(H,13,14)(H,15,16)/t3-,4+,5+,6-,9?,10?. The first-order chi connectivity index (χ1) is 7.55. The molecule has 0 aromatic carbocycles. The molecule has 0 aromatic rings. The molecule has 2 aliphatic heterocycles. The zero-order valence-electron chi connectivity index (χ0n) is 8.33. The summed E-state index contributed by atoms with van der Waals surface area (Å²) in [4.78, 5) is 22.8. The summed E-state index contributed by atoms with van der Waals surface area (Å²) in [6.45, 7) is 0. The van der Waals surface area contributed by atoms with Crippen molar-refractivity contribution in [3.8, 4) is 0 Å². The normalized spacial score (nSPS) is 58.8. The Morgan fingerprint density at radius 3 is 1.44 bits per heavy atom. The van der Waals surface area contributed by atoms with Crippen molar-refractivity contribution in [1.82, 2.24) is 0 Å². The third-order valence-electron chi connectivity index (χ3n) is 4.91. The van der Waals surface area contributed by atoms with Crippen LogP contribution in [-0.4, -0.2) is 33.2 Å². The van der Waals surface area contributed by atoms with E-state index in [0.29, 0.717) is 12.8 Å². The highest BCUT2D eigenvalue weighted by Gasteiger charge is 2.85. The van der Waals surface area contributed by atoms with Crippen LogP contribution in [0, 0.1) is 23.7 Å². The minimum Gasteiger partial charge on any atom is -0.479 e. The van der Waals surface area contributed by atoms with Crippen molar-refractivity contribution in [2.45, 2.75) is 23.9 Å². The van der Waals surface area contributed by atoms with Crippen LogP contribution in [0.5, 0.6) is 0 Å². The molecule has 0 amide bonds. The van der Waals surface area contributed by atoms with Crippen LogP contribution >= 0.6 is 0 Å². The Hall–Kier alpha value is -1.46. The number of rotatable bonds is 2. The molecule has 0 spiro atoms. The quantitative estimate of drug-likeness (QED) is 0.705. The van der Waals surface area contributed by atoms with Gasteiger partial charge in [0.05, 0.1) is 0 Å². The molecule has 2 bridgehead atoms. The molecule has 2 N–H and O–H groups in total. The molecular weight excluding hydrogens is 212 g/mol. The number of hydrogen-bond donors (Lipinski definition) is 2. The molecule has 0 radical (unpaired) electrons. The summed E-state index contributed by atoms with van der Waals surface area (Å²) in [6.07, 6.45) is 1.30. The maximum atomic E-state index is 11.4. The third-order valence-corrected chi connectivity index (χ3v) is 4.91. The highest BCUT2D eigenvalue weighted by atomic mass is 16.4. The lowest BCUT2D eigenvalue weighted by Crippen LogP contribution is -2.57. The molecule has 3 fully saturated rings. The molecule has 5 rings (SSSR count). The molecule has 84 valence electrons. The van der Waals surface area contributed by atoms with E-state index in [1.54, 1.807) is 0 Å². The van der Waals surface area contributed by atoms with Gasteiger partial charge in [-0.05, 0) is 12.8 Å². The molecule has 6 heteroatoms. The predicted octanol–water partition coefficient (Wildman–Crippen LogP) is 0.385. The fourth-order valence-electron chi connectivity index (χ4n) is 4.07. The molecule has 3 saturated carbocycles. The summed E-state index contributed by atoms with van der Waals surface area (Å²) >= 11 is 0. The average Bonchev–Trinajstić information content (AvgIpc) is 3.09. The lowest BCUT2D eigenvalue weighted by atomic mass is 9.71. The van der Waals surface area contributed by atoms with Gasteiger partial charge in [-0.2, -0.15) is 10.2 Å². The molecule has 16 heavy (non-hydrogen) atoms. The van der Waals surface area contributed by atoms with Crippen molar-refractivity contribution in [1.29, 1.82) is 0 Å². The fraction of sp³-hybridized carbons (Fsp3) is 0.800. The second-order valence-corrected chi connectivity index (χ2v) is 5.36. The lowest BCUT2D eigenvalue weighted by molar-refractivity contribution is -0.155. The minimum absolute atomic E-state index is 0.0950. The Balaban J connectivity index is 1.94. The Labute approximate surface area is 90.4 Å². The number of carboxylic acids is 2. The number of hydrogen-bond acceptors (Lipinski definition) is 4. The van der Waals surface area contributed by atoms with E-state index in [-0.39, 0.29) is 23.7 Å². The van der Waals surface area contributed by atoms with Gasteiger partial charge in [0.15, 0.2) is 11.1 Å². The van der Waals surface area contributed by atoms with Crippen molar-refractivity contribution in [3.63, 3.8) is 0 Å². The monoisotopic (exact) mass is 222 g/mol. The van der Waals surface area contributed by atoms with E-state index >= 15 is 0 Å². The molecule has 0 saturated heterocycles. The van der Waals surface area contributed by atoms with E-state index in [2.05, 4.69) is 10.2 Å². The maximum absolute atomic E-state index is 11.4. The number of carboxylic acid groups (broad SMARTS) is 2. The second-order valence-electron chi connectivity index (χ2n) is 5.36. The first-order valence-electron chi connectivity index (χ1n) is 5.46. The largest absolute Gasteiger partial charge is 0.479 e. The predicted molar refractivity (Wildman–Crippen MR) is 48.8 cm³/mol. The molecule has 6 nitrogen and oxygen atoms in total. The summed E-state index contributed by atoms with van der Waals surface area (Å²) in [5.74, 6) is -2.22. The molecule has 2 heterocycles. The van der Waals surface area contributed by atoms with Crippen LogP contribution in [-0.2, 0) is 9.59 Å². The number of azo groups is 1. The fourth-order valence-corrected chi connectivity index (χ4v) is 4.07. The van der Waals surface area contributed by atoms with Gasteiger partial charge in [-0.3, -0.25) is 0 Å². The summed E-state index contributed by atoms with van der Waals surface area (Å²) < 4.78 is 0. The van der Waals surface area contributed by atoms with Crippen molar-refractivity contribution >= 4 is 11.9 Å². The van der Waals surface area contributed by atoms with Crippen LogP contribution in [0.4, 0.5) is 0 Å². The highest BCUT2D eigenvalue weighted by molar-refractivity contribution is 5.88. The topological polar surface area (TPSA) is 99.3 Å². The first-order valence-corrected chi connectivity index (χ1v) is 5.46. The SMILES string of the molecule is O=C(O)C12N=NC(C(=O)O)([C@@H]3C[C@@H]31)[C@H]1C[C@H]12. The smallest absolute Gasteiger partial charge is 0.334 e. The van der Waals surface area contributed by atoms with Gasteiger partial charge in [-0.15, -0.1) is 0 Å². The molecule has 2 unspecified atom stereocenters. The van der Waals surface area contributed by atoms with Crippen molar-refractivity contribution in [3.05, 3.63) is 0 Å². The summed E-state index contributed by atoms with van der Waals surface area (Å²) in [7, 11) is 0. The molecule has 0 aromatic heterocycles. The Morgan fingerprint density at radius 1 is 0.875 bits per heavy atom. The molecule has 3 aliphatic carbocycles. The van der Waals surface area contributed by atoms with E-state index in [4.69, 9.17) is 0 Å². The van der Waals surface area contributed by atoms with Crippen LogP contribution in [0.15, 0.2) is 10.2 Å². The maximum Gasteiger partial charge on any atom is 0.334 e.